The second kappa shape index (κ2) is 10.5. The number of hydrogen-bond acceptors (Lipinski definition) is 5. The lowest BCUT2D eigenvalue weighted by molar-refractivity contribution is -0.126. The number of carbonyl (C=O) groups excluding carboxylic acids is 1. The van der Waals surface area contributed by atoms with Gasteiger partial charge >= 0.3 is 0 Å². The molecule has 3 aromatic rings. The van der Waals surface area contributed by atoms with Crippen LogP contribution in [0.1, 0.15) is 25.6 Å². The van der Waals surface area contributed by atoms with Crippen LogP contribution in [0.5, 0.6) is 11.5 Å². The highest BCUT2D eigenvalue weighted by Gasteiger charge is 2.23. The molecule has 0 unspecified atom stereocenters. The van der Waals surface area contributed by atoms with Crippen LogP contribution in [-0.2, 0) is 11.2 Å². The number of benzene rings is 2. The molecule has 4 rings (SSSR count). The Morgan fingerprint density at radius 2 is 1.79 bits per heavy atom. The molecule has 176 valence electrons. The molecule has 2 heterocycles. The molecule has 0 bridgehead atoms. The number of likely N-dealkylation sites (tertiary alicyclic amines) is 1. The van der Waals surface area contributed by atoms with Crippen LogP contribution in [-0.4, -0.2) is 48.1 Å². The molecule has 2 aromatic carbocycles. The SMILES string of the molecule is CC#CC(=O)N1CCC(Cc2ncc3cc(-c4c(Cl)c(OC)cc(OC)c4Cl)ccc3n2)CC1. The van der Waals surface area contributed by atoms with E-state index in [0.717, 1.165) is 54.6 Å². The summed E-state index contributed by atoms with van der Waals surface area (Å²) < 4.78 is 10.8. The zero-order chi connectivity index (χ0) is 24.2. The second-order valence-corrected chi connectivity index (χ2v) is 8.91. The van der Waals surface area contributed by atoms with E-state index in [1.807, 2.05) is 29.3 Å². The molecule has 6 nitrogen and oxygen atoms in total. The number of piperidine rings is 1. The Bertz CT molecular complexity index is 1260. The monoisotopic (exact) mass is 497 g/mol. The van der Waals surface area contributed by atoms with Crippen molar-refractivity contribution in [1.29, 1.82) is 0 Å². The molecule has 1 fully saturated rings. The smallest absolute Gasteiger partial charge is 0.298 e. The highest BCUT2D eigenvalue weighted by atomic mass is 35.5. The minimum atomic E-state index is -0.0902. The first kappa shape index (κ1) is 24.1. The van der Waals surface area contributed by atoms with Crippen LogP contribution in [0.25, 0.3) is 22.0 Å². The number of rotatable bonds is 5. The molecule has 0 spiro atoms. The fourth-order valence-corrected chi connectivity index (χ4v) is 4.97. The van der Waals surface area contributed by atoms with Gasteiger partial charge in [0.15, 0.2) is 0 Å². The van der Waals surface area contributed by atoms with E-state index in [4.69, 9.17) is 37.7 Å². The van der Waals surface area contributed by atoms with E-state index in [2.05, 4.69) is 16.8 Å². The number of halogens is 2. The van der Waals surface area contributed by atoms with Crippen LogP contribution in [0.4, 0.5) is 0 Å². The number of amides is 1. The van der Waals surface area contributed by atoms with Gasteiger partial charge in [-0.25, -0.2) is 9.97 Å². The van der Waals surface area contributed by atoms with Crippen molar-refractivity contribution in [3.8, 4) is 34.5 Å². The maximum Gasteiger partial charge on any atom is 0.298 e. The molecule has 1 saturated heterocycles. The van der Waals surface area contributed by atoms with Gasteiger partial charge in [-0.1, -0.05) is 35.2 Å². The van der Waals surface area contributed by atoms with Gasteiger partial charge in [0.1, 0.15) is 17.3 Å². The molecule has 1 aliphatic rings. The second-order valence-electron chi connectivity index (χ2n) is 8.16. The number of methoxy groups -OCH3 is 2. The number of ether oxygens (including phenoxy) is 2. The van der Waals surface area contributed by atoms with Crippen LogP contribution in [0, 0.1) is 17.8 Å². The lowest BCUT2D eigenvalue weighted by Crippen LogP contribution is -2.38. The molecule has 0 aliphatic carbocycles. The molecule has 1 aromatic heterocycles. The normalized spacial score (nSPS) is 14.0. The van der Waals surface area contributed by atoms with Crippen LogP contribution >= 0.6 is 23.2 Å². The summed E-state index contributed by atoms with van der Waals surface area (Å²) in [5.41, 5.74) is 2.31. The van der Waals surface area contributed by atoms with Gasteiger partial charge in [-0.2, -0.15) is 0 Å². The van der Waals surface area contributed by atoms with Crippen molar-refractivity contribution < 1.29 is 14.3 Å². The van der Waals surface area contributed by atoms with Crippen molar-refractivity contribution in [3.63, 3.8) is 0 Å². The van der Waals surface area contributed by atoms with Gasteiger partial charge in [0.05, 0.1) is 29.8 Å². The Labute approximate surface area is 209 Å². The number of hydrogen-bond donors (Lipinski definition) is 0. The predicted molar refractivity (Wildman–Crippen MR) is 135 cm³/mol. The van der Waals surface area contributed by atoms with E-state index in [1.54, 1.807) is 27.2 Å². The summed E-state index contributed by atoms with van der Waals surface area (Å²) in [7, 11) is 3.10. The maximum absolute atomic E-state index is 12.0. The van der Waals surface area contributed by atoms with Crippen LogP contribution in [0.3, 0.4) is 0 Å². The largest absolute Gasteiger partial charge is 0.495 e. The Balaban J connectivity index is 1.55. The Kier molecular flexibility index (Phi) is 7.45. The zero-order valence-electron chi connectivity index (χ0n) is 19.3. The molecule has 8 heteroatoms. The Hall–Kier alpha value is -3.01. The predicted octanol–water partition coefficient (Wildman–Crippen LogP) is 5.43. The number of aromatic nitrogens is 2. The zero-order valence-corrected chi connectivity index (χ0v) is 20.8. The van der Waals surface area contributed by atoms with Crippen LogP contribution in [0.2, 0.25) is 10.0 Å². The molecule has 1 amide bonds. The molecule has 0 radical (unpaired) electrons. The van der Waals surface area contributed by atoms with Gasteiger partial charge in [-0.05, 0) is 49.3 Å². The number of fused-ring (bicyclic) bond motifs is 1. The first-order valence-electron chi connectivity index (χ1n) is 11.0. The summed E-state index contributed by atoms with van der Waals surface area (Å²) in [5, 5.41) is 1.72. The molecular formula is C26H25Cl2N3O3. The topological polar surface area (TPSA) is 64.6 Å². The van der Waals surface area contributed by atoms with Gasteiger partial charge in [0.25, 0.3) is 5.91 Å². The average Bonchev–Trinajstić information content (AvgIpc) is 2.85. The van der Waals surface area contributed by atoms with Crippen molar-refractivity contribution >= 4 is 40.0 Å². The summed E-state index contributed by atoms with van der Waals surface area (Å²) in [6, 6.07) is 7.51. The minimum Gasteiger partial charge on any atom is -0.495 e. The maximum atomic E-state index is 12.0. The summed E-state index contributed by atoms with van der Waals surface area (Å²) in [4.78, 5) is 23.1. The van der Waals surface area contributed by atoms with Crippen molar-refractivity contribution in [2.24, 2.45) is 5.92 Å². The molecule has 1 aliphatic heterocycles. The molecule has 34 heavy (non-hydrogen) atoms. The lowest BCUT2D eigenvalue weighted by Gasteiger charge is -2.30. The third-order valence-corrected chi connectivity index (χ3v) is 6.85. The van der Waals surface area contributed by atoms with Gasteiger partial charge in [-0.15, -0.1) is 0 Å². The summed E-state index contributed by atoms with van der Waals surface area (Å²) in [6.45, 7) is 3.13. The fraction of sp³-hybridized carbons (Fsp3) is 0.346. The Morgan fingerprint density at radius 1 is 1.12 bits per heavy atom. The highest BCUT2D eigenvalue weighted by molar-refractivity contribution is 6.41. The first-order valence-corrected chi connectivity index (χ1v) is 11.8. The van der Waals surface area contributed by atoms with Gasteiger partial charge in [-0.3, -0.25) is 4.79 Å². The van der Waals surface area contributed by atoms with Gasteiger partial charge in [0, 0.05) is 42.7 Å². The van der Waals surface area contributed by atoms with Gasteiger partial charge < -0.3 is 14.4 Å². The average molecular weight is 498 g/mol. The van der Waals surface area contributed by atoms with Crippen molar-refractivity contribution in [1.82, 2.24) is 14.9 Å². The van der Waals surface area contributed by atoms with Crippen LogP contribution < -0.4 is 9.47 Å². The quantitative estimate of drug-likeness (QED) is 0.440. The first-order chi connectivity index (χ1) is 16.4. The fourth-order valence-electron chi connectivity index (χ4n) is 4.25. The third-order valence-electron chi connectivity index (χ3n) is 6.10. The van der Waals surface area contributed by atoms with E-state index < -0.39 is 0 Å². The van der Waals surface area contributed by atoms with E-state index >= 15 is 0 Å². The standard InChI is InChI=1S/C26H25Cl2N3O3/c1-4-5-23(32)31-10-8-16(9-11-31)12-22-29-15-18-13-17(6-7-19(18)30-22)24-25(27)20(33-2)14-21(34-3)26(24)28/h6-7,13-16H,8-12H2,1-3H3. The third kappa shape index (κ3) is 4.91. The summed E-state index contributed by atoms with van der Waals surface area (Å²) in [5.74, 6) is 7.42. The highest BCUT2D eigenvalue weighted by Crippen LogP contribution is 2.46. The van der Waals surface area contributed by atoms with Crippen molar-refractivity contribution in [2.75, 3.05) is 27.3 Å². The minimum absolute atomic E-state index is 0.0902. The molecular weight excluding hydrogens is 473 g/mol. The number of nitrogens with zero attached hydrogens (tertiary/aromatic N) is 3. The lowest BCUT2D eigenvalue weighted by atomic mass is 9.93. The van der Waals surface area contributed by atoms with Crippen LogP contribution in [0.15, 0.2) is 30.5 Å². The van der Waals surface area contributed by atoms with E-state index in [1.165, 1.54) is 0 Å². The number of carbonyl (C=O) groups is 1. The van der Waals surface area contributed by atoms with E-state index in [-0.39, 0.29) is 5.91 Å². The molecule has 0 saturated carbocycles. The Morgan fingerprint density at radius 3 is 2.41 bits per heavy atom. The van der Waals surface area contributed by atoms with Crippen molar-refractivity contribution in [3.05, 3.63) is 46.3 Å². The van der Waals surface area contributed by atoms with E-state index in [9.17, 15) is 4.79 Å². The summed E-state index contributed by atoms with van der Waals surface area (Å²) >= 11 is 13.2. The molecule has 0 N–H and O–H groups in total. The van der Waals surface area contributed by atoms with Crippen molar-refractivity contribution in [2.45, 2.75) is 26.2 Å². The van der Waals surface area contributed by atoms with E-state index in [0.29, 0.717) is 33.0 Å². The molecule has 0 atom stereocenters. The summed E-state index contributed by atoms with van der Waals surface area (Å²) in [6.07, 6.45) is 4.46. The van der Waals surface area contributed by atoms with Gasteiger partial charge in [0.2, 0.25) is 0 Å².